The van der Waals surface area contributed by atoms with Crippen molar-refractivity contribution < 1.29 is 14.3 Å². The lowest BCUT2D eigenvalue weighted by Gasteiger charge is -2.29. The second kappa shape index (κ2) is 8.93. The van der Waals surface area contributed by atoms with E-state index >= 15 is 0 Å². The van der Waals surface area contributed by atoms with Crippen LogP contribution in [0.15, 0.2) is 64.5 Å². The molecule has 0 saturated carbocycles. The van der Waals surface area contributed by atoms with E-state index in [-0.39, 0.29) is 6.61 Å². The maximum atomic E-state index is 12.9. The number of nitrogens with one attached hydrogen (secondary N) is 1. The summed E-state index contributed by atoms with van der Waals surface area (Å²) in [5.41, 5.74) is 4.19. The number of allylic oxidation sites excluding steroid dienone is 1. The van der Waals surface area contributed by atoms with Gasteiger partial charge < -0.3 is 14.8 Å². The van der Waals surface area contributed by atoms with Gasteiger partial charge in [0.1, 0.15) is 24.7 Å². The van der Waals surface area contributed by atoms with E-state index in [1.807, 2.05) is 43.3 Å². The molecule has 0 saturated heterocycles. The summed E-state index contributed by atoms with van der Waals surface area (Å²) in [4.78, 5) is 17.2. The Bertz CT molecular complexity index is 1160. The summed E-state index contributed by atoms with van der Waals surface area (Å²) in [6, 6.07) is 13.3. The number of halogens is 1. The summed E-state index contributed by atoms with van der Waals surface area (Å²) in [7, 11) is 0. The van der Waals surface area contributed by atoms with E-state index in [1.165, 1.54) is 6.33 Å². The van der Waals surface area contributed by atoms with Gasteiger partial charge in [0.2, 0.25) is 5.95 Å². The molecular formula is C23H23BrN4O3. The van der Waals surface area contributed by atoms with Crippen molar-refractivity contribution in [1.82, 2.24) is 14.8 Å². The molecular weight excluding hydrogens is 460 g/mol. The molecule has 0 spiro atoms. The molecule has 4 rings (SSSR count). The lowest BCUT2D eigenvalue weighted by molar-refractivity contribution is -0.139. The minimum Gasteiger partial charge on any atom is -0.489 e. The van der Waals surface area contributed by atoms with Crippen molar-refractivity contribution in [3.8, 4) is 5.75 Å². The quantitative estimate of drug-likeness (QED) is 0.509. The Kier molecular flexibility index (Phi) is 6.08. The fourth-order valence-electron chi connectivity index (χ4n) is 3.64. The molecule has 1 unspecified atom stereocenters. The van der Waals surface area contributed by atoms with Gasteiger partial charge in [-0.3, -0.25) is 0 Å². The smallest absolute Gasteiger partial charge is 0.338 e. The van der Waals surface area contributed by atoms with Gasteiger partial charge in [0.15, 0.2) is 0 Å². The average molecular weight is 483 g/mol. The average Bonchev–Trinajstić information content (AvgIpc) is 3.21. The summed E-state index contributed by atoms with van der Waals surface area (Å²) >= 11 is 3.56. The van der Waals surface area contributed by atoms with Crippen LogP contribution in [-0.4, -0.2) is 27.3 Å². The number of esters is 1. The Morgan fingerprint density at radius 2 is 2.03 bits per heavy atom. The van der Waals surface area contributed by atoms with Crippen LogP contribution in [-0.2, 0) is 16.1 Å². The zero-order chi connectivity index (χ0) is 22.0. The maximum Gasteiger partial charge on any atom is 0.338 e. The van der Waals surface area contributed by atoms with Crippen molar-refractivity contribution in [3.05, 3.63) is 81.2 Å². The fraction of sp³-hybridized carbons (Fsp3) is 0.261. The number of fused-ring (bicyclic) bond motifs is 1. The van der Waals surface area contributed by atoms with Gasteiger partial charge in [-0.15, -0.1) is 0 Å². The Morgan fingerprint density at radius 1 is 1.23 bits per heavy atom. The zero-order valence-corrected chi connectivity index (χ0v) is 19.1. The number of aromatic nitrogens is 3. The third kappa shape index (κ3) is 4.20. The zero-order valence-electron chi connectivity index (χ0n) is 17.6. The van der Waals surface area contributed by atoms with Gasteiger partial charge in [-0.2, -0.15) is 10.1 Å². The molecule has 1 aromatic heterocycles. The highest BCUT2D eigenvalue weighted by Gasteiger charge is 2.36. The van der Waals surface area contributed by atoms with E-state index in [0.717, 1.165) is 21.2 Å². The largest absolute Gasteiger partial charge is 0.489 e. The number of ether oxygens (including phenoxy) is 2. The molecule has 31 heavy (non-hydrogen) atoms. The van der Waals surface area contributed by atoms with Crippen molar-refractivity contribution in [2.24, 2.45) is 0 Å². The predicted molar refractivity (Wildman–Crippen MR) is 121 cm³/mol. The molecule has 0 radical (unpaired) electrons. The summed E-state index contributed by atoms with van der Waals surface area (Å²) < 4.78 is 14.2. The fourth-order valence-corrected chi connectivity index (χ4v) is 4.02. The van der Waals surface area contributed by atoms with E-state index in [1.54, 1.807) is 11.6 Å². The Hall–Kier alpha value is -3.13. The van der Waals surface area contributed by atoms with Crippen LogP contribution in [0.4, 0.5) is 5.95 Å². The molecule has 8 heteroatoms. The molecule has 2 aromatic carbocycles. The first-order valence-electron chi connectivity index (χ1n) is 10.0. The Morgan fingerprint density at radius 3 is 2.81 bits per heavy atom. The Balaban J connectivity index is 1.79. The molecule has 7 nitrogen and oxygen atoms in total. The van der Waals surface area contributed by atoms with E-state index in [9.17, 15) is 4.79 Å². The summed E-state index contributed by atoms with van der Waals surface area (Å²) in [6.45, 7) is 6.37. The molecule has 0 fully saturated rings. The summed E-state index contributed by atoms with van der Waals surface area (Å²) in [5, 5.41) is 7.52. The van der Waals surface area contributed by atoms with Crippen LogP contribution >= 0.6 is 15.9 Å². The predicted octanol–water partition coefficient (Wildman–Crippen LogP) is 4.78. The maximum absolute atomic E-state index is 12.9. The lowest BCUT2D eigenvalue weighted by Crippen LogP contribution is -2.30. The number of aryl methyl sites for hydroxylation is 1. The minimum atomic E-state index is -0.540. The SMILES string of the molecule is CCOC(=O)C1=C(C)Nc2ncnn2C1c1cc(Br)ccc1OCc1ccccc1C. The number of nitrogens with zero attached hydrogens (tertiary/aromatic N) is 3. The minimum absolute atomic E-state index is 0.279. The van der Waals surface area contributed by atoms with Gasteiger partial charge in [-0.05, 0) is 50.1 Å². The third-order valence-electron chi connectivity index (χ3n) is 5.20. The van der Waals surface area contributed by atoms with E-state index in [2.05, 4.69) is 44.3 Å². The van der Waals surface area contributed by atoms with Crippen LogP contribution < -0.4 is 10.1 Å². The molecule has 1 N–H and O–H groups in total. The molecule has 1 aliphatic rings. The van der Waals surface area contributed by atoms with E-state index in [4.69, 9.17) is 9.47 Å². The van der Waals surface area contributed by atoms with Crippen LogP contribution in [0.3, 0.4) is 0 Å². The number of carbonyl (C=O) groups is 1. The van der Waals surface area contributed by atoms with Crippen molar-refractivity contribution >= 4 is 27.8 Å². The standard InChI is InChI=1S/C23H23BrN4O3/c1-4-30-22(29)20-15(3)27-23-25-13-26-28(23)21(20)18-11-17(24)9-10-19(18)31-12-16-8-6-5-7-14(16)2/h5-11,13,21H,4,12H2,1-3H3,(H,25,26,27). The molecule has 0 aliphatic carbocycles. The van der Waals surface area contributed by atoms with Crippen LogP contribution in [0.5, 0.6) is 5.75 Å². The number of benzene rings is 2. The highest BCUT2D eigenvalue weighted by atomic mass is 79.9. The summed E-state index contributed by atoms with van der Waals surface area (Å²) in [6.07, 6.45) is 1.46. The number of hydrogen-bond acceptors (Lipinski definition) is 6. The number of anilines is 1. The van der Waals surface area contributed by atoms with Crippen LogP contribution in [0.25, 0.3) is 0 Å². The van der Waals surface area contributed by atoms with Gasteiger partial charge in [0, 0.05) is 15.7 Å². The van der Waals surface area contributed by atoms with Gasteiger partial charge in [-0.25, -0.2) is 9.48 Å². The topological polar surface area (TPSA) is 78.3 Å². The molecule has 3 aromatic rings. The molecule has 0 bridgehead atoms. The first-order chi connectivity index (χ1) is 15.0. The number of rotatable bonds is 6. The summed E-state index contributed by atoms with van der Waals surface area (Å²) in [5.74, 6) is 0.818. The van der Waals surface area contributed by atoms with Crippen LogP contribution in [0, 0.1) is 6.92 Å². The second-order valence-electron chi connectivity index (χ2n) is 7.21. The highest BCUT2D eigenvalue weighted by Crippen LogP contribution is 2.40. The van der Waals surface area contributed by atoms with Gasteiger partial charge >= 0.3 is 5.97 Å². The first-order valence-corrected chi connectivity index (χ1v) is 10.8. The van der Waals surface area contributed by atoms with Gasteiger partial charge in [-0.1, -0.05) is 40.2 Å². The third-order valence-corrected chi connectivity index (χ3v) is 5.69. The van der Waals surface area contributed by atoms with Crippen LogP contribution in [0.2, 0.25) is 0 Å². The molecule has 160 valence electrons. The van der Waals surface area contributed by atoms with Crippen molar-refractivity contribution in [2.75, 3.05) is 11.9 Å². The van der Waals surface area contributed by atoms with E-state index < -0.39 is 12.0 Å². The van der Waals surface area contributed by atoms with Crippen LogP contribution in [0.1, 0.15) is 36.6 Å². The monoisotopic (exact) mass is 482 g/mol. The van der Waals surface area contributed by atoms with Crippen molar-refractivity contribution in [1.29, 1.82) is 0 Å². The molecule has 2 heterocycles. The van der Waals surface area contributed by atoms with Gasteiger partial charge in [0.05, 0.1) is 12.2 Å². The molecule has 1 atom stereocenters. The second-order valence-corrected chi connectivity index (χ2v) is 8.13. The Labute approximate surface area is 189 Å². The van der Waals surface area contributed by atoms with Crippen molar-refractivity contribution in [2.45, 2.75) is 33.4 Å². The molecule has 0 amide bonds. The van der Waals surface area contributed by atoms with Crippen molar-refractivity contribution in [3.63, 3.8) is 0 Å². The van der Waals surface area contributed by atoms with Gasteiger partial charge in [0.25, 0.3) is 0 Å². The normalized spacial score (nSPS) is 15.3. The lowest BCUT2D eigenvalue weighted by atomic mass is 9.95. The van der Waals surface area contributed by atoms with E-state index in [0.29, 0.717) is 29.6 Å². The number of carbonyl (C=O) groups excluding carboxylic acids is 1. The highest BCUT2D eigenvalue weighted by molar-refractivity contribution is 9.10. The number of hydrogen-bond donors (Lipinski definition) is 1. The molecule has 1 aliphatic heterocycles. The first kappa shape index (κ1) is 21.1.